The van der Waals surface area contributed by atoms with Crippen LogP contribution >= 0.6 is 0 Å². The van der Waals surface area contributed by atoms with Gasteiger partial charge in [0, 0.05) is 16.8 Å². The van der Waals surface area contributed by atoms with E-state index in [-0.39, 0.29) is 11.3 Å². The third-order valence-electron chi connectivity index (χ3n) is 5.61. The van der Waals surface area contributed by atoms with Crippen molar-refractivity contribution in [1.29, 1.82) is 0 Å². The Kier molecular flexibility index (Phi) is 5.40. The molecule has 0 aliphatic carbocycles. The molecule has 1 heterocycles. The Morgan fingerprint density at radius 2 is 1.74 bits per heavy atom. The van der Waals surface area contributed by atoms with Crippen molar-refractivity contribution in [2.24, 2.45) is 0 Å². The monoisotopic (exact) mass is 412 g/mol. The number of aromatic nitrogens is 1. The summed E-state index contributed by atoms with van der Waals surface area (Å²) in [6.07, 6.45) is 0.954. The third kappa shape index (κ3) is 4.38. The van der Waals surface area contributed by atoms with E-state index in [4.69, 9.17) is 4.42 Å². The van der Waals surface area contributed by atoms with Crippen LogP contribution in [0.3, 0.4) is 0 Å². The fourth-order valence-corrected chi connectivity index (χ4v) is 3.52. The Hall–Kier alpha value is -3.40. The van der Waals surface area contributed by atoms with E-state index in [1.54, 1.807) is 0 Å². The van der Waals surface area contributed by atoms with Crippen molar-refractivity contribution in [3.8, 4) is 11.5 Å². The van der Waals surface area contributed by atoms with Gasteiger partial charge >= 0.3 is 0 Å². The van der Waals surface area contributed by atoms with Gasteiger partial charge in [-0.25, -0.2) is 4.98 Å². The average molecular weight is 413 g/mol. The van der Waals surface area contributed by atoms with E-state index >= 15 is 0 Å². The molecule has 0 atom stereocenters. The first-order valence-electron chi connectivity index (χ1n) is 10.7. The number of hydrogen-bond acceptors (Lipinski definition) is 3. The molecule has 0 saturated heterocycles. The van der Waals surface area contributed by atoms with E-state index < -0.39 is 0 Å². The van der Waals surface area contributed by atoms with Gasteiger partial charge in [-0.15, -0.1) is 0 Å². The molecule has 4 heteroatoms. The predicted molar refractivity (Wildman–Crippen MR) is 127 cm³/mol. The number of amides is 1. The summed E-state index contributed by atoms with van der Waals surface area (Å²) in [6.45, 7) is 10.6. The maximum absolute atomic E-state index is 12.8. The number of nitrogens with one attached hydrogen (secondary N) is 1. The molecule has 0 fully saturated rings. The molecule has 4 aromatic rings. The Labute approximate surface area is 183 Å². The van der Waals surface area contributed by atoms with E-state index in [0.29, 0.717) is 11.5 Å². The van der Waals surface area contributed by atoms with Crippen LogP contribution in [0.25, 0.3) is 22.6 Å². The Balaban J connectivity index is 1.60. The standard InChI is InChI=1S/C27H28N2O2/c1-6-18-8-14-24-23(15-18)29-26(31-24)20-9-7-17(2)22(16-20)28-25(30)19-10-12-21(13-11-19)27(3,4)5/h7-16H,6H2,1-5H3,(H,28,30). The highest BCUT2D eigenvalue weighted by atomic mass is 16.3. The molecule has 0 unspecified atom stereocenters. The number of hydrogen-bond donors (Lipinski definition) is 1. The molecular weight excluding hydrogens is 384 g/mol. The summed E-state index contributed by atoms with van der Waals surface area (Å²) in [7, 11) is 0. The summed E-state index contributed by atoms with van der Waals surface area (Å²) in [5.74, 6) is 0.416. The Morgan fingerprint density at radius 3 is 2.42 bits per heavy atom. The summed E-state index contributed by atoms with van der Waals surface area (Å²) in [5.41, 5.74) is 7.27. The lowest BCUT2D eigenvalue weighted by Crippen LogP contribution is -2.15. The summed E-state index contributed by atoms with van der Waals surface area (Å²) >= 11 is 0. The normalized spacial score (nSPS) is 11.6. The van der Waals surface area contributed by atoms with Crippen molar-refractivity contribution in [3.63, 3.8) is 0 Å². The first-order chi connectivity index (χ1) is 14.7. The summed E-state index contributed by atoms with van der Waals surface area (Å²) in [4.78, 5) is 17.5. The highest BCUT2D eigenvalue weighted by Gasteiger charge is 2.16. The van der Waals surface area contributed by atoms with Crippen LogP contribution in [0.2, 0.25) is 0 Å². The predicted octanol–water partition coefficient (Wildman–Crippen LogP) is 6.92. The van der Waals surface area contributed by atoms with Crippen LogP contribution in [0.5, 0.6) is 0 Å². The zero-order chi connectivity index (χ0) is 22.2. The van der Waals surface area contributed by atoms with Crippen LogP contribution < -0.4 is 5.32 Å². The quantitative estimate of drug-likeness (QED) is 0.396. The number of anilines is 1. The highest BCUT2D eigenvalue weighted by Crippen LogP contribution is 2.29. The first kappa shape index (κ1) is 20.9. The third-order valence-corrected chi connectivity index (χ3v) is 5.61. The number of carbonyl (C=O) groups is 1. The maximum Gasteiger partial charge on any atom is 0.255 e. The second kappa shape index (κ2) is 8.03. The lowest BCUT2D eigenvalue weighted by Gasteiger charge is -2.19. The summed E-state index contributed by atoms with van der Waals surface area (Å²) in [6, 6.07) is 19.7. The summed E-state index contributed by atoms with van der Waals surface area (Å²) in [5, 5.41) is 3.04. The van der Waals surface area contributed by atoms with Crippen LogP contribution in [-0.4, -0.2) is 10.9 Å². The molecule has 0 bridgehead atoms. The van der Waals surface area contributed by atoms with Gasteiger partial charge < -0.3 is 9.73 Å². The van der Waals surface area contributed by atoms with E-state index in [0.717, 1.165) is 34.3 Å². The number of oxazole rings is 1. The van der Waals surface area contributed by atoms with Crippen molar-refractivity contribution in [1.82, 2.24) is 4.98 Å². The Bertz CT molecular complexity index is 1240. The van der Waals surface area contributed by atoms with Gasteiger partial charge in [0.2, 0.25) is 5.89 Å². The average Bonchev–Trinajstić information content (AvgIpc) is 3.18. The molecular formula is C27H28N2O2. The molecule has 0 spiro atoms. The minimum atomic E-state index is -0.133. The minimum absolute atomic E-state index is 0.0530. The smallest absolute Gasteiger partial charge is 0.255 e. The van der Waals surface area contributed by atoms with Crippen LogP contribution in [0.1, 0.15) is 54.7 Å². The van der Waals surface area contributed by atoms with E-state index in [1.165, 1.54) is 11.1 Å². The van der Waals surface area contributed by atoms with Crippen molar-refractivity contribution in [3.05, 3.63) is 82.9 Å². The van der Waals surface area contributed by atoms with E-state index in [9.17, 15) is 4.79 Å². The Morgan fingerprint density at radius 1 is 1.00 bits per heavy atom. The topological polar surface area (TPSA) is 55.1 Å². The fraction of sp³-hybridized carbons (Fsp3) is 0.259. The van der Waals surface area contributed by atoms with Crippen molar-refractivity contribution < 1.29 is 9.21 Å². The van der Waals surface area contributed by atoms with E-state index in [1.807, 2.05) is 55.5 Å². The van der Waals surface area contributed by atoms with Gasteiger partial charge in [0.25, 0.3) is 5.91 Å². The van der Waals surface area contributed by atoms with E-state index in [2.05, 4.69) is 50.1 Å². The molecule has 0 aliphatic heterocycles. The van der Waals surface area contributed by atoms with Crippen molar-refractivity contribution in [2.75, 3.05) is 5.32 Å². The van der Waals surface area contributed by atoms with Crippen molar-refractivity contribution in [2.45, 2.75) is 46.5 Å². The largest absolute Gasteiger partial charge is 0.436 e. The number of nitrogens with zero attached hydrogens (tertiary/aromatic N) is 1. The van der Waals surface area contributed by atoms with Gasteiger partial charge in [-0.2, -0.15) is 0 Å². The molecule has 1 amide bonds. The van der Waals surface area contributed by atoms with Gasteiger partial charge in [-0.1, -0.05) is 52.0 Å². The molecule has 4 nitrogen and oxygen atoms in total. The number of rotatable bonds is 4. The molecule has 1 aromatic heterocycles. The van der Waals surface area contributed by atoms with Gasteiger partial charge in [0.1, 0.15) is 5.52 Å². The molecule has 0 saturated carbocycles. The zero-order valence-corrected chi connectivity index (χ0v) is 18.7. The molecule has 3 aromatic carbocycles. The SMILES string of the molecule is CCc1ccc2oc(-c3ccc(C)c(NC(=O)c4ccc(C(C)(C)C)cc4)c3)nc2c1. The number of benzene rings is 3. The molecule has 0 radical (unpaired) electrons. The van der Waals surface area contributed by atoms with Crippen molar-refractivity contribution >= 4 is 22.7 Å². The van der Waals surface area contributed by atoms with Gasteiger partial charge in [0.05, 0.1) is 0 Å². The lowest BCUT2D eigenvalue weighted by molar-refractivity contribution is 0.102. The molecule has 1 N–H and O–H groups in total. The number of carbonyl (C=O) groups excluding carboxylic acids is 1. The second-order valence-electron chi connectivity index (χ2n) is 8.99. The first-order valence-corrected chi connectivity index (χ1v) is 10.7. The molecule has 4 rings (SSSR count). The van der Waals surface area contributed by atoms with Crippen LogP contribution in [0.4, 0.5) is 5.69 Å². The van der Waals surface area contributed by atoms with Gasteiger partial charge in [0.15, 0.2) is 5.58 Å². The van der Waals surface area contributed by atoms with Gasteiger partial charge in [-0.05, 0) is 71.8 Å². The minimum Gasteiger partial charge on any atom is -0.436 e. The number of fused-ring (bicyclic) bond motifs is 1. The van der Waals surface area contributed by atoms with Crippen LogP contribution in [0.15, 0.2) is 65.1 Å². The second-order valence-corrected chi connectivity index (χ2v) is 8.99. The van der Waals surface area contributed by atoms with Gasteiger partial charge in [-0.3, -0.25) is 4.79 Å². The fourth-order valence-electron chi connectivity index (χ4n) is 3.52. The molecule has 0 aliphatic rings. The van der Waals surface area contributed by atoms with Crippen LogP contribution in [0, 0.1) is 6.92 Å². The lowest BCUT2D eigenvalue weighted by atomic mass is 9.86. The zero-order valence-electron chi connectivity index (χ0n) is 18.7. The highest BCUT2D eigenvalue weighted by molar-refractivity contribution is 6.05. The summed E-state index contributed by atoms with van der Waals surface area (Å²) < 4.78 is 5.96. The number of aryl methyl sites for hydroxylation is 2. The van der Waals surface area contributed by atoms with Crippen LogP contribution in [-0.2, 0) is 11.8 Å². The maximum atomic E-state index is 12.8. The molecule has 158 valence electrons. The molecule has 31 heavy (non-hydrogen) atoms.